The third-order valence-electron chi connectivity index (χ3n) is 3.52. The number of anilines is 3. The quantitative estimate of drug-likeness (QED) is 0.689. The third-order valence-corrected chi connectivity index (χ3v) is 5.04. The number of rotatable bonds is 5. The summed E-state index contributed by atoms with van der Waals surface area (Å²) in [4.78, 5) is -0.0883. The second-order valence-corrected chi connectivity index (χ2v) is 7.22. The summed E-state index contributed by atoms with van der Waals surface area (Å²) in [5.74, 6) is -2.41. The van der Waals surface area contributed by atoms with Crippen LogP contribution in [0.25, 0.3) is 0 Å². The minimum atomic E-state index is -3.97. The molecule has 0 saturated carbocycles. The lowest BCUT2D eigenvalue weighted by Gasteiger charge is -2.10. The van der Waals surface area contributed by atoms with Gasteiger partial charge in [0, 0.05) is 11.8 Å². The molecule has 10 heteroatoms. The summed E-state index contributed by atoms with van der Waals surface area (Å²) in [7, 11) is -3.97. The van der Waals surface area contributed by atoms with Gasteiger partial charge in [-0.3, -0.25) is 4.72 Å². The van der Waals surface area contributed by atoms with Crippen molar-refractivity contribution >= 4 is 27.3 Å². The van der Waals surface area contributed by atoms with Crippen molar-refractivity contribution in [1.82, 2.24) is 10.2 Å². The Morgan fingerprint density at radius 2 is 1.56 bits per heavy atom. The highest BCUT2D eigenvalue weighted by Gasteiger charge is 2.18. The Balaban J connectivity index is 1.76. The second kappa shape index (κ2) is 7.23. The second-order valence-electron chi connectivity index (χ2n) is 5.57. The first kappa shape index (κ1) is 18.6. The van der Waals surface area contributed by atoms with E-state index in [2.05, 4.69) is 20.2 Å². The maximum Gasteiger partial charge on any atom is 0.263 e. The smallest absolute Gasteiger partial charge is 0.263 e. The number of benzene rings is 2. The fourth-order valence-corrected chi connectivity index (χ4v) is 3.51. The maximum absolute atomic E-state index is 13.2. The Labute approximate surface area is 153 Å². The van der Waals surface area contributed by atoms with E-state index in [0.29, 0.717) is 0 Å². The lowest BCUT2D eigenvalue weighted by atomic mass is 10.2. The van der Waals surface area contributed by atoms with Crippen LogP contribution < -0.4 is 10.0 Å². The lowest BCUT2D eigenvalue weighted by Crippen LogP contribution is -2.15. The van der Waals surface area contributed by atoms with Gasteiger partial charge in [0.05, 0.1) is 4.90 Å². The summed E-state index contributed by atoms with van der Waals surface area (Å²) < 4.78 is 66.3. The van der Waals surface area contributed by atoms with E-state index in [1.165, 1.54) is 25.1 Å². The molecule has 0 bridgehead atoms. The molecule has 0 amide bonds. The van der Waals surface area contributed by atoms with Crippen LogP contribution in [0.1, 0.15) is 5.56 Å². The summed E-state index contributed by atoms with van der Waals surface area (Å²) in [6, 6.07) is 9.27. The van der Waals surface area contributed by atoms with Gasteiger partial charge in [-0.25, -0.2) is 21.6 Å². The molecule has 1 aromatic heterocycles. The third kappa shape index (κ3) is 4.34. The van der Waals surface area contributed by atoms with E-state index < -0.39 is 27.5 Å². The van der Waals surface area contributed by atoms with Gasteiger partial charge in [-0.15, -0.1) is 10.2 Å². The van der Waals surface area contributed by atoms with Crippen molar-refractivity contribution in [1.29, 1.82) is 0 Å². The number of halogens is 3. The molecule has 0 saturated heterocycles. The monoisotopic (exact) mass is 394 g/mol. The zero-order valence-electron chi connectivity index (χ0n) is 13.9. The van der Waals surface area contributed by atoms with E-state index in [9.17, 15) is 21.6 Å². The van der Waals surface area contributed by atoms with Crippen molar-refractivity contribution in [3.8, 4) is 0 Å². The summed E-state index contributed by atoms with van der Waals surface area (Å²) in [5, 5.41) is 10.2. The number of hydrogen-bond donors (Lipinski definition) is 2. The van der Waals surface area contributed by atoms with Crippen LogP contribution in [0.3, 0.4) is 0 Å². The molecular formula is C17H13F3N4O2S. The normalized spacial score (nSPS) is 11.3. The van der Waals surface area contributed by atoms with Crippen LogP contribution in [0.2, 0.25) is 0 Å². The molecule has 2 aromatic carbocycles. The molecule has 0 spiro atoms. The van der Waals surface area contributed by atoms with E-state index in [0.717, 1.165) is 30.3 Å². The molecule has 140 valence electrons. The molecule has 3 rings (SSSR count). The maximum atomic E-state index is 13.2. The molecule has 3 aromatic rings. The van der Waals surface area contributed by atoms with Gasteiger partial charge in [0.25, 0.3) is 10.0 Å². The Bertz CT molecular complexity index is 1090. The first-order valence-corrected chi connectivity index (χ1v) is 9.08. The highest BCUT2D eigenvalue weighted by molar-refractivity contribution is 7.92. The van der Waals surface area contributed by atoms with E-state index in [-0.39, 0.29) is 27.8 Å². The largest absolute Gasteiger partial charge is 0.339 e. The molecule has 6 nitrogen and oxygen atoms in total. The zero-order chi connectivity index (χ0) is 19.6. The molecule has 0 aliphatic rings. The van der Waals surface area contributed by atoms with Crippen LogP contribution >= 0.6 is 0 Å². The van der Waals surface area contributed by atoms with Gasteiger partial charge in [0.2, 0.25) is 0 Å². The predicted octanol–water partition coefficient (Wildman–Crippen LogP) is 3.75. The fourth-order valence-electron chi connectivity index (χ4n) is 2.28. The molecule has 2 N–H and O–H groups in total. The van der Waals surface area contributed by atoms with Gasteiger partial charge in [-0.2, -0.15) is 0 Å². The highest BCUT2D eigenvalue weighted by Crippen LogP contribution is 2.21. The minimum Gasteiger partial charge on any atom is -0.339 e. The molecule has 0 aliphatic carbocycles. The van der Waals surface area contributed by atoms with E-state index in [1.54, 1.807) is 0 Å². The van der Waals surface area contributed by atoms with Gasteiger partial charge < -0.3 is 5.32 Å². The summed E-state index contributed by atoms with van der Waals surface area (Å²) >= 11 is 0. The number of nitrogens with zero attached hydrogens (tertiary/aromatic N) is 2. The number of hydrogen-bond acceptors (Lipinski definition) is 5. The fraction of sp³-hybridized carbons (Fsp3) is 0.0588. The zero-order valence-corrected chi connectivity index (χ0v) is 14.7. The SMILES string of the molecule is Cc1cc(F)ccc1S(=O)(=O)Nc1ccc(Nc2ccc(F)c(F)c2)nn1. The van der Waals surface area contributed by atoms with Gasteiger partial charge in [-0.05, 0) is 55.0 Å². The van der Waals surface area contributed by atoms with Crippen molar-refractivity contribution in [3.05, 3.63) is 71.5 Å². The predicted molar refractivity (Wildman–Crippen MR) is 93.6 cm³/mol. The van der Waals surface area contributed by atoms with E-state index in [4.69, 9.17) is 0 Å². The van der Waals surface area contributed by atoms with Crippen LogP contribution in [0.5, 0.6) is 0 Å². The van der Waals surface area contributed by atoms with E-state index >= 15 is 0 Å². The van der Waals surface area contributed by atoms with Crippen LogP contribution in [0, 0.1) is 24.4 Å². The average molecular weight is 394 g/mol. The standard InChI is InChI=1S/C17H13F3N4O2S/c1-10-8-11(18)2-5-15(10)27(25,26)24-17-7-6-16(22-23-17)21-12-3-4-13(19)14(20)9-12/h2-9H,1H3,(H,21,22)(H,23,24). The average Bonchev–Trinajstić information content (AvgIpc) is 2.59. The summed E-state index contributed by atoms with van der Waals surface area (Å²) in [5.41, 5.74) is 0.491. The van der Waals surface area contributed by atoms with Crippen molar-refractivity contribution < 1.29 is 21.6 Å². The van der Waals surface area contributed by atoms with Crippen molar-refractivity contribution in [2.45, 2.75) is 11.8 Å². The summed E-state index contributed by atoms with van der Waals surface area (Å²) in [6.07, 6.45) is 0. The van der Waals surface area contributed by atoms with Crippen LogP contribution in [-0.4, -0.2) is 18.6 Å². The Morgan fingerprint density at radius 1 is 0.852 bits per heavy atom. The molecule has 0 fully saturated rings. The van der Waals surface area contributed by atoms with Gasteiger partial charge in [0.15, 0.2) is 23.3 Å². The van der Waals surface area contributed by atoms with Gasteiger partial charge in [-0.1, -0.05) is 0 Å². The van der Waals surface area contributed by atoms with Crippen LogP contribution in [0.4, 0.5) is 30.5 Å². The number of aryl methyl sites for hydroxylation is 1. The van der Waals surface area contributed by atoms with Crippen LogP contribution in [0.15, 0.2) is 53.4 Å². The molecule has 0 aliphatic heterocycles. The van der Waals surface area contributed by atoms with Gasteiger partial charge in [0.1, 0.15) is 5.82 Å². The first-order valence-electron chi connectivity index (χ1n) is 7.59. The van der Waals surface area contributed by atoms with Crippen molar-refractivity contribution in [3.63, 3.8) is 0 Å². The molecular weight excluding hydrogens is 381 g/mol. The molecule has 0 radical (unpaired) electrons. The Morgan fingerprint density at radius 3 is 2.19 bits per heavy atom. The van der Waals surface area contributed by atoms with Crippen molar-refractivity contribution in [2.75, 3.05) is 10.0 Å². The van der Waals surface area contributed by atoms with Crippen LogP contribution in [-0.2, 0) is 10.0 Å². The minimum absolute atomic E-state index is 0.0606. The molecule has 1 heterocycles. The number of aromatic nitrogens is 2. The molecule has 0 unspecified atom stereocenters. The molecule has 0 atom stereocenters. The number of sulfonamides is 1. The van der Waals surface area contributed by atoms with Crippen molar-refractivity contribution in [2.24, 2.45) is 0 Å². The van der Waals surface area contributed by atoms with E-state index in [1.807, 2.05) is 0 Å². The summed E-state index contributed by atoms with van der Waals surface area (Å²) in [6.45, 7) is 1.47. The Hall–Kier alpha value is -3.14. The Kier molecular flexibility index (Phi) is 5.00. The van der Waals surface area contributed by atoms with Gasteiger partial charge >= 0.3 is 0 Å². The first-order chi connectivity index (χ1) is 12.7. The topological polar surface area (TPSA) is 84.0 Å². The number of nitrogens with one attached hydrogen (secondary N) is 2. The molecule has 27 heavy (non-hydrogen) atoms. The lowest BCUT2D eigenvalue weighted by molar-refractivity contribution is 0.509. The highest BCUT2D eigenvalue weighted by atomic mass is 32.2.